The number of thioether (sulfide) groups is 1. The van der Waals surface area contributed by atoms with E-state index in [4.69, 9.17) is 14.3 Å². The maximum Gasteiger partial charge on any atom is 0.277 e. The number of hydrogen-bond acceptors (Lipinski definition) is 6. The highest BCUT2D eigenvalue weighted by Crippen LogP contribution is 2.31. The Morgan fingerprint density at radius 1 is 1.04 bits per heavy atom. The number of benzene rings is 2. The van der Waals surface area contributed by atoms with Gasteiger partial charge in [0.1, 0.15) is 5.75 Å². The molecule has 0 amide bonds. The van der Waals surface area contributed by atoms with Gasteiger partial charge in [0.25, 0.3) is 11.1 Å². The van der Waals surface area contributed by atoms with Crippen molar-refractivity contribution in [3.05, 3.63) is 59.7 Å². The molecule has 0 saturated carbocycles. The van der Waals surface area contributed by atoms with Crippen LogP contribution in [0.15, 0.2) is 58.2 Å². The Labute approximate surface area is 138 Å². The van der Waals surface area contributed by atoms with Crippen molar-refractivity contribution in [2.24, 2.45) is 0 Å². The van der Waals surface area contributed by atoms with Crippen LogP contribution in [0.4, 0.5) is 0 Å². The molecule has 1 aromatic heterocycles. The van der Waals surface area contributed by atoms with E-state index in [0.29, 0.717) is 16.9 Å². The fraction of sp³-hybridized carbons (Fsp3) is 0.176. The predicted molar refractivity (Wildman–Crippen MR) is 88.2 cm³/mol. The molecule has 0 atom stereocenters. The summed E-state index contributed by atoms with van der Waals surface area (Å²) in [4.78, 5) is 0. The molecule has 0 aliphatic heterocycles. The Balaban J connectivity index is 1.69. The number of methoxy groups -OCH3 is 1. The second-order valence-electron chi connectivity index (χ2n) is 4.84. The molecule has 1 heterocycles. The van der Waals surface area contributed by atoms with Crippen molar-refractivity contribution in [2.45, 2.75) is 17.6 Å². The third-order valence-electron chi connectivity index (χ3n) is 3.31. The first-order valence-corrected chi connectivity index (χ1v) is 8.07. The highest BCUT2D eigenvalue weighted by atomic mass is 32.2. The molecule has 118 valence electrons. The molecule has 2 aromatic carbocycles. The molecular formula is C17H16N2O3S. The van der Waals surface area contributed by atoms with Crippen LogP contribution in [-0.2, 0) is 12.4 Å². The quantitative estimate of drug-likeness (QED) is 0.698. The normalized spacial score (nSPS) is 10.7. The van der Waals surface area contributed by atoms with Gasteiger partial charge in [-0.2, -0.15) is 0 Å². The van der Waals surface area contributed by atoms with Crippen molar-refractivity contribution in [1.82, 2.24) is 10.2 Å². The fourth-order valence-corrected chi connectivity index (χ4v) is 2.80. The monoisotopic (exact) mass is 328 g/mol. The number of aliphatic hydroxyl groups excluding tert-OH is 1. The van der Waals surface area contributed by atoms with Gasteiger partial charge in [0, 0.05) is 5.75 Å². The molecule has 6 heteroatoms. The van der Waals surface area contributed by atoms with E-state index in [1.807, 2.05) is 48.5 Å². The van der Waals surface area contributed by atoms with Gasteiger partial charge in [0.2, 0.25) is 0 Å². The third-order valence-corrected chi connectivity index (χ3v) is 4.20. The Bertz CT molecular complexity index is 772. The van der Waals surface area contributed by atoms with E-state index in [2.05, 4.69) is 10.2 Å². The predicted octanol–water partition coefficient (Wildman–Crippen LogP) is 3.53. The average Bonchev–Trinajstić information content (AvgIpc) is 3.09. The van der Waals surface area contributed by atoms with Crippen LogP contribution in [0.25, 0.3) is 11.5 Å². The summed E-state index contributed by atoms with van der Waals surface area (Å²) in [5.41, 5.74) is 2.81. The van der Waals surface area contributed by atoms with Crippen LogP contribution >= 0.6 is 11.8 Å². The summed E-state index contributed by atoms with van der Waals surface area (Å²) in [7, 11) is 1.61. The van der Waals surface area contributed by atoms with Crippen LogP contribution in [-0.4, -0.2) is 22.4 Å². The van der Waals surface area contributed by atoms with Crippen molar-refractivity contribution in [1.29, 1.82) is 0 Å². The summed E-state index contributed by atoms with van der Waals surface area (Å²) < 4.78 is 11.0. The molecule has 0 aliphatic carbocycles. The van der Waals surface area contributed by atoms with Gasteiger partial charge in [-0.15, -0.1) is 10.2 Å². The minimum absolute atomic E-state index is 0.0549. The van der Waals surface area contributed by atoms with Crippen LogP contribution in [0.3, 0.4) is 0 Å². The minimum Gasteiger partial charge on any atom is -0.496 e. The first-order chi connectivity index (χ1) is 11.3. The van der Waals surface area contributed by atoms with Crippen LogP contribution < -0.4 is 4.74 Å². The van der Waals surface area contributed by atoms with E-state index >= 15 is 0 Å². The molecule has 0 bridgehead atoms. The second-order valence-corrected chi connectivity index (χ2v) is 5.76. The molecule has 0 fully saturated rings. The first kappa shape index (κ1) is 15.6. The number of hydrogen-bond donors (Lipinski definition) is 1. The van der Waals surface area contributed by atoms with E-state index in [-0.39, 0.29) is 6.61 Å². The molecule has 0 saturated heterocycles. The van der Waals surface area contributed by atoms with E-state index < -0.39 is 0 Å². The zero-order valence-corrected chi connectivity index (χ0v) is 13.4. The summed E-state index contributed by atoms with van der Waals surface area (Å²) in [6.07, 6.45) is 0. The lowest BCUT2D eigenvalue weighted by atomic mass is 10.2. The first-order valence-electron chi connectivity index (χ1n) is 7.08. The van der Waals surface area contributed by atoms with Gasteiger partial charge < -0.3 is 14.3 Å². The van der Waals surface area contributed by atoms with Crippen molar-refractivity contribution >= 4 is 11.8 Å². The lowest BCUT2D eigenvalue weighted by Crippen LogP contribution is -1.87. The molecule has 3 rings (SSSR count). The van der Waals surface area contributed by atoms with Gasteiger partial charge >= 0.3 is 0 Å². The topological polar surface area (TPSA) is 68.4 Å². The van der Waals surface area contributed by atoms with Crippen molar-refractivity contribution in [2.75, 3.05) is 7.11 Å². The maximum absolute atomic E-state index is 9.04. The fourth-order valence-electron chi connectivity index (χ4n) is 2.08. The van der Waals surface area contributed by atoms with E-state index in [1.165, 1.54) is 11.8 Å². The highest BCUT2D eigenvalue weighted by Gasteiger charge is 2.13. The van der Waals surface area contributed by atoms with Crippen LogP contribution in [0.1, 0.15) is 11.1 Å². The Morgan fingerprint density at radius 3 is 2.52 bits per heavy atom. The SMILES string of the molecule is COc1ccccc1-c1nnc(SCc2ccc(CO)cc2)o1. The van der Waals surface area contributed by atoms with Crippen LogP contribution in [0.5, 0.6) is 5.75 Å². The smallest absolute Gasteiger partial charge is 0.277 e. The van der Waals surface area contributed by atoms with Gasteiger partial charge in [0.15, 0.2) is 0 Å². The summed E-state index contributed by atoms with van der Waals surface area (Å²) in [6.45, 7) is 0.0549. The van der Waals surface area contributed by atoms with E-state index in [9.17, 15) is 0 Å². The molecule has 0 aliphatic rings. The van der Waals surface area contributed by atoms with Crippen molar-refractivity contribution in [3.8, 4) is 17.2 Å². The zero-order valence-electron chi connectivity index (χ0n) is 12.6. The van der Waals surface area contributed by atoms with Gasteiger partial charge in [0.05, 0.1) is 19.3 Å². The zero-order chi connectivity index (χ0) is 16.1. The number of aliphatic hydroxyl groups is 1. The lowest BCUT2D eigenvalue weighted by Gasteiger charge is -2.03. The van der Waals surface area contributed by atoms with Gasteiger partial charge in [-0.25, -0.2) is 0 Å². The molecule has 23 heavy (non-hydrogen) atoms. The van der Waals surface area contributed by atoms with Gasteiger partial charge in [-0.1, -0.05) is 48.2 Å². The van der Waals surface area contributed by atoms with Crippen LogP contribution in [0, 0.1) is 0 Å². The maximum atomic E-state index is 9.04. The molecule has 3 aromatic rings. The van der Waals surface area contributed by atoms with E-state index in [0.717, 1.165) is 22.4 Å². The molecule has 0 spiro atoms. The molecular weight excluding hydrogens is 312 g/mol. The van der Waals surface area contributed by atoms with Crippen LogP contribution in [0.2, 0.25) is 0 Å². The Kier molecular flexibility index (Phi) is 4.95. The largest absolute Gasteiger partial charge is 0.496 e. The second kappa shape index (κ2) is 7.30. The number of aromatic nitrogens is 2. The number of rotatable bonds is 6. The molecule has 0 radical (unpaired) electrons. The summed E-state index contributed by atoms with van der Waals surface area (Å²) >= 11 is 1.47. The Hall–Kier alpha value is -2.31. The van der Waals surface area contributed by atoms with Gasteiger partial charge in [-0.3, -0.25) is 0 Å². The molecule has 5 nitrogen and oxygen atoms in total. The summed E-state index contributed by atoms with van der Waals surface area (Å²) in [5.74, 6) is 1.87. The summed E-state index contributed by atoms with van der Waals surface area (Å²) in [5, 5.41) is 17.7. The van der Waals surface area contributed by atoms with Crippen molar-refractivity contribution < 1.29 is 14.3 Å². The average molecular weight is 328 g/mol. The number of ether oxygens (including phenoxy) is 1. The lowest BCUT2D eigenvalue weighted by molar-refractivity contribution is 0.282. The third kappa shape index (κ3) is 3.72. The number of para-hydroxylation sites is 1. The minimum atomic E-state index is 0.0549. The number of nitrogens with zero attached hydrogens (tertiary/aromatic N) is 2. The molecule has 0 unspecified atom stereocenters. The molecule has 1 N–H and O–H groups in total. The highest BCUT2D eigenvalue weighted by molar-refractivity contribution is 7.98. The Morgan fingerprint density at radius 2 is 1.78 bits per heavy atom. The van der Waals surface area contributed by atoms with Gasteiger partial charge in [-0.05, 0) is 23.3 Å². The summed E-state index contributed by atoms with van der Waals surface area (Å²) in [6, 6.07) is 15.3. The standard InChI is InChI=1S/C17H16N2O3S/c1-21-15-5-3-2-4-14(15)16-18-19-17(22-16)23-11-13-8-6-12(10-20)7-9-13/h2-9,20H,10-11H2,1H3. The van der Waals surface area contributed by atoms with E-state index in [1.54, 1.807) is 7.11 Å². The van der Waals surface area contributed by atoms with Crippen molar-refractivity contribution in [3.63, 3.8) is 0 Å².